The van der Waals surface area contributed by atoms with Gasteiger partial charge in [0.2, 0.25) is 5.90 Å². The van der Waals surface area contributed by atoms with E-state index in [0.717, 1.165) is 11.1 Å². The summed E-state index contributed by atoms with van der Waals surface area (Å²) >= 11 is 0. The lowest BCUT2D eigenvalue weighted by Crippen LogP contribution is -2.37. The third-order valence-electron chi connectivity index (χ3n) is 4.76. The Morgan fingerprint density at radius 3 is 2.13 bits per heavy atom. The first-order valence-corrected chi connectivity index (χ1v) is 9.11. The van der Waals surface area contributed by atoms with E-state index in [1.807, 2.05) is 36.4 Å². The van der Waals surface area contributed by atoms with Crippen LogP contribution < -0.4 is 14.2 Å². The average Bonchev–Trinajstić information content (AvgIpc) is 3.22. The molecule has 0 aliphatic carbocycles. The Labute approximate surface area is 182 Å². The first kappa shape index (κ1) is 23.5. The van der Waals surface area contributed by atoms with Gasteiger partial charge in [0.05, 0.1) is 34.5 Å². The van der Waals surface area contributed by atoms with Crippen molar-refractivity contribution < 1.29 is 29.2 Å². The SMILES string of the molecule is COc1cc(OC)c(OC)cc1/C=C(\C1=NC(CO)(CO)CO1)c1ccccc1.Cl. The molecular weight excluding hydrogens is 410 g/mol. The molecule has 0 atom stereocenters. The molecule has 0 saturated heterocycles. The van der Waals surface area contributed by atoms with Gasteiger partial charge < -0.3 is 29.2 Å². The summed E-state index contributed by atoms with van der Waals surface area (Å²) in [7, 11) is 4.70. The number of aliphatic hydroxyl groups excluding tert-OH is 2. The Kier molecular flexibility index (Phi) is 8.11. The fourth-order valence-electron chi connectivity index (χ4n) is 3.04. The van der Waals surface area contributed by atoms with Gasteiger partial charge >= 0.3 is 0 Å². The Balaban J connectivity index is 0.00000320. The van der Waals surface area contributed by atoms with E-state index in [0.29, 0.717) is 28.7 Å². The Bertz CT molecular complexity index is 909. The zero-order valence-electron chi connectivity index (χ0n) is 17.1. The monoisotopic (exact) mass is 435 g/mol. The highest BCUT2D eigenvalue weighted by Crippen LogP contribution is 2.37. The Hall–Kier alpha value is -2.74. The number of benzene rings is 2. The van der Waals surface area contributed by atoms with Gasteiger partial charge in [-0.05, 0) is 17.7 Å². The molecule has 0 amide bonds. The minimum atomic E-state index is -1.05. The lowest BCUT2D eigenvalue weighted by molar-refractivity contribution is 0.0978. The highest BCUT2D eigenvalue weighted by atomic mass is 35.5. The second-order valence-corrected chi connectivity index (χ2v) is 6.62. The van der Waals surface area contributed by atoms with E-state index in [1.165, 1.54) is 0 Å². The molecule has 1 aliphatic heterocycles. The molecule has 162 valence electrons. The molecule has 0 radical (unpaired) electrons. The summed E-state index contributed by atoms with van der Waals surface area (Å²) < 4.78 is 22.1. The third-order valence-corrected chi connectivity index (χ3v) is 4.76. The van der Waals surface area contributed by atoms with Crippen LogP contribution in [0.4, 0.5) is 0 Å². The van der Waals surface area contributed by atoms with Crippen LogP contribution in [0.1, 0.15) is 11.1 Å². The minimum Gasteiger partial charge on any atom is -0.496 e. The molecule has 0 spiro atoms. The van der Waals surface area contributed by atoms with Crippen molar-refractivity contribution in [1.29, 1.82) is 0 Å². The summed E-state index contributed by atoms with van der Waals surface area (Å²) in [5, 5.41) is 19.3. The van der Waals surface area contributed by atoms with E-state index in [4.69, 9.17) is 18.9 Å². The number of methoxy groups -OCH3 is 3. The smallest absolute Gasteiger partial charge is 0.217 e. The Morgan fingerprint density at radius 2 is 1.60 bits per heavy atom. The normalized spacial score (nSPS) is 15.0. The second kappa shape index (κ2) is 10.3. The van der Waals surface area contributed by atoms with Gasteiger partial charge in [-0.25, -0.2) is 4.99 Å². The molecule has 0 aromatic heterocycles. The number of hydrogen-bond donors (Lipinski definition) is 2. The zero-order valence-corrected chi connectivity index (χ0v) is 17.9. The van der Waals surface area contributed by atoms with Crippen molar-refractivity contribution in [2.45, 2.75) is 5.54 Å². The topological polar surface area (TPSA) is 89.7 Å². The van der Waals surface area contributed by atoms with Gasteiger partial charge in [0.25, 0.3) is 0 Å². The van der Waals surface area contributed by atoms with E-state index in [-0.39, 0.29) is 32.2 Å². The molecule has 2 aromatic carbocycles. The van der Waals surface area contributed by atoms with Gasteiger partial charge in [0, 0.05) is 17.2 Å². The number of aliphatic imine (C=N–C) groups is 1. The van der Waals surface area contributed by atoms with Crippen molar-refractivity contribution in [3.05, 3.63) is 53.6 Å². The van der Waals surface area contributed by atoms with Crippen LogP contribution in [0.15, 0.2) is 47.5 Å². The van der Waals surface area contributed by atoms with E-state index >= 15 is 0 Å². The van der Waals surface area contributed by atoms with Gasteiger partial charge in [-0.1, -0.05) is 30.3 Å². The summed E-state index contributed by atoms with van der Waals surface area (Å²) in [6.07, 6.45) is 1.87. The van der Waals surface area contributed by atoms with Crippen LogP contribution in [0.5, 0.6) is 17.2 Å². The molecule has 0 fully saturated rings. The summed E-state index contributed by atoms with van der Waals surface area (Å²) in [4.78, 5) is 4.49. The van der Waals surface area contributed by atoms with Crippen LogP contribution in [0.2, 0.25) is 0 Å². The fraction of sp³-hybridized carbons (Fsp3) is 0.318. The predicted molar refractivity (Wildman–Crippen MR) is 118 cm³/mol. The minimum absolute atomic E-state index is 0. The van der Waals surface area contributed by atoms with Gasteiger partial charge in [-0.15, -0.1) is 12.4 Å². The molecule has 0 unspecified atom stereocenters. The van der Waals surface area contributed by atoms with Gasteiger partial charge in [0.15, 0.2) is 11.5 Å². The quantitative estimate of drug-likeness (QED) is 0.620. The molecule has 2 N–H and O–H groups in total. The molecule has 0 saturated carbocycles. The number of aliphatic hydroxyl groups is 2. The van der Waals surface area contributed by atoms with E-state index < -0.39 is 5.54 Å². The van der Waals surface area contributed by atoms with Crippen molar-refractivity contribution >= 4 is 30.0 Å². The average molecular weight is 436 g/mol. The van der Waals surface area contributed by atoms with Crippen LogP contribution in [0.25, 0.3) is 11.6 Å². The second-order valence-electron chi connectivity index (χ2n) is 6.62. The lowest BCUT2D eigenvalue weighted by Gasteiger charge is -2.16. The fourth-order valence-corrected chi connectivity index (χ4v) is 3.04. The number of nitrogens with zero attached hydrogens (tertiary/aromatic N) is 1. The molecule has 30 heavy (non-hydrogen) atoms. The standard InChI is InChI=1S/C22H25NO6.ClH/c1-26-18-11-20(28-3)19(27-2)10-16(18)9-17(15-7-5-4-6-8-15)21-23-22(12-24,13-25)14-29-21;/h4-11,24-25H,12-14H2,1-3H3;1H/b17-9-;. The molecule has 7 nitrogen and oxygen atoms in total. The molecule has 1 heterocycles. The van der Waals surface area contributed by atoms with E-state index in [1.54, 1.807) is 33.5 Å². The molecule has 2 aromatic rings. The highest BCUT2D eigenvalue weighted by molar-refractivity contribution is 6.25. The Morgan fingerprint density at radius 1 is 1.00 bits per heavy atom. The number of ether oxygens (including phenoxy) is 4. The predicted octanol–water partition coefficient (Wildman–Crippen LogP) is 2.83. The maximum atomic E-state index is 9.67. The van der Waals surface area contributed by atoms with Crippen LogP contribution in [-0.4, -0.2) is 62.8 Å². The summed E-state index contributed by atoms with van der Waals surface area (Å²) in [6, 6.07) is 13.2. The van der Waals surface area contributed by atoms with Gasteiger partial charge in [-0.2, -0.15) is 0 Å². The van der Waals surface area contributed by atoms with Gasteiger partial charge in [-0.3, -0.25) is 0 Å². The number of halogens is 1. The maximum absolute atomic E-state index is 9.67. The largest absolute Gasteiger partial charge is 0.496 e. The van der Waals surface area contributed by atoms with Crippen molar-refractivity contribution in [1.82, 2.24) is 0 Å². The first-order valence-electron chi connectivity index (χ1n) is 9.11. The lowest BCUT2D eigenvalue weighted by atomic mass is 10.0. The molecule has 0 bridgehead atoms. The van der Waals surface area contributed by atoms with Crippen LogP contribution in [0, 0.1) is 0 Å². The zero-order chi connectivity index (χ0) is 20.9. The molecule has 1 aliphatic rings. The van der Waals surface area contributed by atoms with Gasteiger partial charge in [0.1, 0.15) is 17.9 Å². The van der Waals surface area contributed by atoms with Crippen LogP contribution >= 0.6 is 12.4 Å². The van der Waals surface area contributed by atoms with E-state index in [9.17, 15) is 10.2 Å². The summed E-state index contributed by atoms with van der Waals surface area (Å²) in [5.41, 5.74) is 1.25. The maximum Gasteiger partial charge on any atom is 0.217 e. The van der Waals surface area contributed by atoms with E-state index in [2.05, 4.69) is 4.99 Å². The van der Waals surface area contributed by atoms with Crippen LogP contribution in [0.3, 0.4) is 0 Å². The first-order chi connectivity index (χ1) is 14.1. The number of hydrogen-bond acceptors (Lipinski definition) is 7. The highest BCUT2D eigenvalue weighted by Gasteiger charge is 2.37. The van der Waals surface area contributed by atoms with Crippen molar-refractivity contribution in [3.63, 3.8) is 0 Å². The molecular formula is C22H26ClNO6. The molecule has 8 heteroatoms. The molecule has 3 rings (SSSR count). The third kappa shape index (κ3) is 4.70. The summed E-state index contributed by atoms with van der Waals surface area (Å²) in [6.45, 7) is -0.522. The summed E-state index contributed by atoms with van der Waals surface area (Å²) in [5.74, 6) is 2.04. The van der Waals surface area contributed by atoms with Crippen molar-refractivity contribution in [3.8, 4) is 17.2 Å². The number of rotatable bonds is 8. The van der Waals surface area contributed by atoms with Crippen molar-refractivity contribution in [2.24, 2.45) is 4.99 Å². The van der Waals surface area contributed by atoms with Crippen LogP contribution in [-0.2, 0) is 4.74 Å². The van der Waals surface area contributed by atoms with Crippen molar-refractivity contribution in [2.75, 3.05) is 41.2 Å².